The number of hydrogen-bond donors (Lipinski definition) is 0. The maximum atomic E-state index is 12.0. The molecule has 0 bridgehead atoms. The van der Waals surface area contributed by atoms with E-state index in [-0.39, 0.29) is 17.1 Å². The molecule has 0 radical (unpaired) electrons. The highest BCUT2D eigenvalue weighted by Gasteiger charge is 2.15. The summed E-state index contributed by atoms with van der Waals surface area (Å²) < 4.78 is 28.9. The molecule has 0 amide bonds. The highest BCUT2D eigenvalue weighted by atomic mass is 127. The summed E-state index contributed by atoms with van der Waals surface area (Å²) in [5.74, 6) is -0.359. The van der Waals surface area contributed by atoms with E-state index in [1.165, 1.54) is 19.1 Å². The van der Waals surface area contributed by atoms with Gasteiger partial charge < -0.3 is 4.74 Å². The van der Waals surface area contributed by atoms with E-state index in [0.29, 0.717) is 3.57 Å². The van der Waals surface area contributed by atoms with Crippen molar-refractivity contribution in [1.29, 1.82) is 0 Å². The lowest BCUT2D eigenvalue weighted by Gasteiger charge is -2.08. The number of ketones is 1. The third-order valence-electron chi connectivity index (χ3n) is 1.74. The summed E-state index contributed by atoms with van der Waals surface area (Å²) >= 11 is 7.55. The van der Waals surface area contributed by atoms with Gasteiger partial charge in [0, 0.05) is 9.13 Å². The topological polar surface area (TPSA) is 26.3 Å². The van der Waals surface area contributed by atoms with Crippen LogP contribution in [0.25, 0.3) is 0 Å². The number of carbonyl (C=O) groups excluding carboxylic acids is 1. The molecule has 1 unspecified atom stereocenters. The molecule has 1 atom stereocenters. The molecule has 0 spiro atoms. The molecule has 16 heavy (non-hydrogen) atoms. The summed E-state index contributed by atoms with van der Waals surface area (Å²) in [4.78, 5) is 11.6. The van der Waals surface area contributed by atoms with E-state index in [1.54, 1.807) is 6.07 Å². The zero-order valence-electron chi connectivity index (χ0n) is 8.22. The van der Waals surface area contributed by atoms with Crippen LogP contribution < -0.4 is 4.74 Å². The van der Waals surface area contributed by atoms with E-state index in [9.17, 15) is 13.6 Å². The van der Waals surface area contributed by atoms with Crippen LogP contribution in [0.2, 0.25) is 0 Å². The van der Waals surface area contributed by atoms with Crippen LogP contribution in [0, 0.1) is 3.57 Å². The predicted molar refractivity (Wildman–Crippen MR) is 65.4 cm³/mol. The molecule has 88 valence electrons. The number of hydrogen-bond acceptors (Lipinski definition) is 2. The van der Waals surface area contributed by atoms with E-state index in [1.807, 2.05) is 22.6 Å². The maximum Gasteiger partial charge on any atom is 0.387 e. The standard InChI is InChI=1S/C10H8ClF2IO2/c1-5(11)9(15)6-2-7(14)4-8(3-6)16-10(12)13/h2-5,10H,1H3. The molecule has 0 aromatic heterocycles. The summed E-state index contributed by atoms with van der Waals surface area (Å²) in [5.41, 5.74) is 0.269. The molecular formula is C10H8ClF2IO2. The fraction of sp³-hybridized carbons (Fsp3) is 0.300. The van der Waals surface area contributed by atoms with Gasteiger partial charge in [-0.1, -0.05) is 0 Å². The smallest absolute Gasteiger partial charge is 0.387 e. The van der Waals surface area contributed by atoms with Gasteiger partial charge in [-0.3, -0.25) is 4.79 Å². The zero-order valence-corrected chi connectivity index (χ0v) is 11.1. The molecule has 0 aliphatic rings. The highest BCUT2D eigenvalue weighted by molar-refractivity contribution is 14.1. The van der Waals surface area contributed by atoms with Crippen molar-refractivity contribution in [3.05, 3.63) is 27.3 Å². The van der Waals surface area contributed by atoms with Gasteiger partial charge in [0.05, 0.1) is 5.38 Å². The van der Waals surface area contributed by atoms with Gasteiger partial charge in [-0.15, -0.1) is 11.6 Å². The molecule has 0 saturated heterocycles. The van der Waals surface area contributed by atoms with Crippen molar-refractivity contribution >= 4 is 40.0 Å². The fourth-order valence-electron chi connectivity index (χ4n) is 1.11. The Bertz CT molecular complexity index is 396. The van der Waals surface area contributed by atoms with Crippen LogP contribution in [0.5, 0.6) is 5.75 Å². The van der Waals surface area contributed by atoms with Crippen LogP contribution in [0.3, 0.4) is 0 Å². The van der Waals surface area contributed by atoms with Crippen LogP contribution in [0.4, 0.5) is 8.78 Å². The van der Waals surface area contributed by atoms with Crippen molar-refractivity contribution in [3.8, 4) is 5.75 Å². The summed E-state index contributed by atoms with van der Waals surface area (Å²) in [5, 5.41) is -0.697. The minimum atomic E-state index is -2.91. The van der Waals surface area contributed by atoms with Gasteiger partial charge >= 0.3 is 6.61 Å². The summed E-state index contributed by atoms with van der Waals surface area (Å²) in [7, 11) is 0. The Morgan fingerprint density at radius 1 is 1.44 bits per heavy atom. The van der Waals surface area contributed by atoms with Crippen LogP contribution in [-0.2, 0) is 0 Å². The average Bonchev–Trinajstić information content (AvgIpc) is 2.14. The van der Waals surface area contributed by atoms with Crippen molar-refractivity contribution in [2.45, 2.75) is 18.9 Å². The first kappa shape index (κ1) is 13.6. The first-order valence-electron chi connectivity index (χ1n) is 4.34. The highest BCUT2D eigenvalue weighted by Crippen LogP contribution is 2.22. The Morgan fingerprint density at radius 3 is 2.56 bits per heavy atom. The van der Waals surface area contributed by atoms with E-state index in [0.717, 1.165) is 0 Å². The van der Waals surface area contributed by atoms with E-state index < -0.39 is 12.0 Å². The second kappa shape index (κ2) is 5.77. The Balaban J connectivity index is 3.03. The second-order valence-corrected chi connectivity index (χ2v) is 4.93. The SMILES string of the molecule is CC(Cl)C(=O)c1cc(I)cc(OC(F)F)c1. The minimum Gasteiger partial charge on any atom is -0.435 e. The van der Waals surface area contributed by atoms with Crippen molar-refractivity contribution < 1.29 is 18.3 Å². The lowest BCUT2D eigenvalue weighted by Crippen LogP contribution is -2.11. The van der Waals surface area contributed by atoms with Crippen molar-refractivity contribution in [2.75, 3.05) is 0 Å². The Kier molecular flexibility index (Phi) is 4.91. The molecule has 0 aliphatic carbocycles. The number of Topliss-reactive ketones (excluding diaryl/α,β-unsaturated/α-hetero) is 1. The van der Waals surface area contributed by atoms with Gasteiger partial charge in [-0.05, 0) is 47.7 Å². The zero-order chi connectivity index (χ0) is 12.3. The number of ether oxygens (including phenoxy) is 1. The Hall–Kier alpha value is -0.430. The molecule has 1 aromatic carbocycles. The number of rotatable bonds is 4. The number of benzene rings is 1. The summed E-state index contributed by atoms with van der Waals surface area (Å²) in [6, 6.07) is 4.25. The minimum absolute atomic E-state index is 0.0393. The summed E-state index contributed by atoms with van der Waals surface area (Å²) in [6.07, 6.45) is 0. The second-order valence-electron chi connectivity index (χ2n) is 3.03. The van der Waals surface area contributed by atoms with Crippen LogP contribution in [0.15, 0.2) is 18.2 Å². The largest absolute Gasteiger partial charge is 0.435 e. The van der Waals surface area contributed by atoms with E-state index >= 15 is 0 Å². The number of carbonyl (C=O) groups is 1. The van der Waals surface area contributed by atoms with Gasteiger partial charge in [-0.25, -0.2) is 0 Å². The molecule has 1 rings (SSSR count). The average molecular weight is 361 g/mol. The molecular weight excluding hydrogens is 352 g/mol. The summed E-state index contributed by atoms with van der Waals surface area (Å²) in [6.45, 7) is -1.38. The maximum absolute atomic E-state index is 12.0. The number of alkyl halides is 3. The lowest BCUT2D eigenvalue weighted by atomic mass is 10.1. The first-order chi connectivity index (χ1) is 7.40. The quantitative estimate of drug-likeness (QED) is 0.465. The van der Waals surface area contributed by atoms with Crippen LogP contribution in [0.1, 0.15) is 17.3 Å². The molecule has 6 heteroatoms. The third kappa shape index (κ3) is 3.86. The molecule has 2 nitrogen and oxygen atoms in total. The van der Waals surface area contributed by atoms with Gasteiger partial charge in [0.15, 0.2) is 5.78 Å². The van der Waals surface area contributed by atoms with Crippen molar-refractivity contribution in [3.63, 3.8) is 0 Å². The first-order valence-corrected chi connectivity index (χ1v) is 5.85. The molecule has 0 fully saturated rings. The fourth-order valence-corrected chi connectivity index (χ4v) is 1.87. The van der Waals surface area contributed by atoms with E-state index in [2.05, 4.69) is 4.74 Å². The van der Waals surface area contributed by atoms with E-state index in [4.69, 9.17) is 11.6 Å². The predicted octanol–water partition coefficient (Wildman–Crippen LogP) is 3.70. The molecule has 1 aromatic rings. The van der Waals surface area contributed by atoms with Gasteiger partial charge in [0.25, 0.3) is 0 Å². The van der Waals surface area contributed by atoms with Crippen LogP contribution >= 0.6 is 34.2 Å². The Morgan fingerprint density at radius 2 is 2.06 bits per heavy atom. The number of halogens is 4. The van der Waals surface area contributed by atoms with Gasteiger partial charge in [0.2, 0.25) is 0 Å². The van der Waals surface area contributed by atoms with Gasteiger partial charge in [-0.2, -0.15) is 8.78 Å². The van der Waals surface area contributed by atoms with Crippen molar-refractivity contribution in [2.24, 2.45) is 0 Å². The molecule has 0 heterocycles. The van der Waals surface area contributed by atoms with Gasteiger partial charge in [0.1, 0.15) is 5.75 Å². The Labute approximate surface area is 110 Å². The molecule has 0 N–H and O–H groups in total. The lowest BCUT2D eigenvalue weighted by molar-refractivity contribution is -0.0499. The monoisotopic (exact) mass is 360 g/mol. The third-order valence-corrected chi connectivity index (χ3v) is 2.56. The van der Waals surface area contributed by atoms with Crippen LogP contribution in [-0.4, -0.2) is 17.8 Å². The van der Waals surface area contributed by atoms with Crippen molar-refractivity contribution in [1.82, 2.24) is 0 Å². The molecule has 0 aliphatic heterocycles. The molecule has 0 saturated carbocycles. The normalized spacial score (nSPS) is 12.6.